The van der Waals surface area contributed by atoms with Crippen LogP contribution in [0.15, 0.2) is 65.1 Å². The number of rotatable bonds is 5. The van der Waals surface area contributed by atoms with Crippen LogP contribution >= 0.6 is 23.2 Å². The Kier molecular flexibility index (Phi) is 5.93. The molecule has 1 aliphatic heterocycles. The molecule has 1 amide bonds. The van der Waals surface area contributed by atoms with E-state index in [-0.39, 0.29) is 5.91 Å². The van der Waals surface area contributed by atoms with Gasteiger partial charge in [0.15, 0.2) is 0 Å². The Labute approximate surface area is 179 Å². The first-order valence-corrected chi connectivity index (χ1v) is 10.2. The topological polar surface area (TPSA) is 45.5 Å². The number of carbonyl (C=O) groups excluding carboxylic acids is 1. The number of hydrogen-bond acceptors (Lipinski definition) is 3. The zero-order valence-corrected chi connectivity index (χ0v) is 17.2. The fourth-order valence-electron chi connectivity index (χ4n) is 3.35. The standard InChI is InChI=1S/C23H20Cl2N2O2/c24-16-3-10-20(21(25)15-16)22-11-8-19(29-22)9-12-23(28)26-17-4-6-18(7-5-17)27-13-1-2-14-27/h3-12,15H,1-2,13-14H2,(H,26,28)/b12-9+. The normalized spacial score (nSPS) is 13.9. The van der Waals surface area contributed by atoms with Gasteiger partial charge in [0.2, 0.25) is 5.91 Å². The van der Waals surface area contributed by atoms with Crippen molar-refractivity contribution >= 4 is 46.6 Å². The molecule has 1 N–H and O–H groups in total. The average molecular weight is 427 g/mol. The maximum atomic E-state index is 12.2. The fourth-order valence-corrected chi connectivity index (χ4v) is 3.85. The van der Waals surface area contributed by atoms with Crippen LogP contribution < -0.4 is 10.2 Å². The summed E-state index contributed by atoms with van der Waals surface area (Å²) >= 11 is 12.1. The van der Waals surface area contributed by atoms with E-state index < -0.39 is 0 Å². The molecule has 2 heterocycles. The summed E-state index contributed by atoms with van der Waals surface area (Å²) in [5.41, 5.74) is 2.70. The first-order valence-electron chi connectivity index (χ1n) is 9.48. The van der Waals surface area contributed by atoms with E-state index in [1.165, 1.54) is 24.6 Å². The third-order valence-corrected chi connectivity index (χ3v) is 5.38. The summed E-state index contributed by atoms with van der Waals surface area (Å²) in [6.07, 6.45) is 5.55. The predicted octanol–water partition coefficient (Wildman–Crippen LogP) is 6.51. The molecule has 29 heavy (non-hydrogen) atoms. The molecule has 4 nitrogen and oxygen atoms in total. The summed E-state index contributed by atoms with van der Waals surface area (Å²) in [6, 6.07) is 16.7. The number of amides is 1. The lowest BCUT2D eigenvalue weighted by molar-refractivity contribution is -0.111. The van der Waals surface area contributed by atoms with Crippen LogP contribution in [0.4, 0.5) is 11.4 Å². The van der Waals surface area contributed by atoms with Gasteiger partial charge in [-0.25, -0.2) is 0 Å². The summed E-state index contributed by atoms with van der Waals surface area (Å²) < 4.78 is 5.76. The Morgan fingerprint density at radius 1 is 1.00 bits per heavy atom. The van der Waals surface area contributed by atoms with E-state index >= 15 is 0 Å². The number of nitrogens with zero attached hydrogens (tertiary/aromatic N) is 1. The number of halogens is 2. The summed E-state index contributed by atoms with van der Waals surface area (Å²) in [5, 5.41) is 3.94. The summed E-state index contributed by atoms with van der Waals surface area (Å²) in [5.74, 6) is 0.955. The first-order chi connectivity index (χ1) is 14.1. The minimum absolute atomic E-state index is 0.221. The third-order valence-electron chi connectivity index (χ3n) is 4.83. The lowest BCUT2D eigenvalue weighted by Crippen LogP contribution is -2.17. The van der Waals surface area contributed by atoms with Gasteiger partial charge in [-0.15, -0.1) is 0 Å². The molecule has 3 aromatic rings. The van der Waals surface area contributed by atoms with E-state index in [0.717, 1.165) is 24.3 Å². The largest absolute Gasteiger partial charge is 0.457 e. The molecule has 0 unspecified atom stereocenters. The van der Waals surface area contributed by atoms with Crippen molar-refractivity contribution in [2.45, 2.75) is 12.8 Å². The van der Waals surface area contributed by atoms with Crippen molar-refractivity contribution in [1.82, 2.24) is 0 Å². The van der Waals surface area contributed by atoms with Crippen molar-refractivity contribution in [2.24, 2.45) is 0 Å². The first kappa shape index (κ1) is 19.6. The molecule has 0 atom stereocenters. The average Bonchev–Trinajstić information content (AvgIpc) is 3.39. The van der Waals surface area contributed by atoms with Gasteiger partial charge in [-0.3, -0.25) is 4.79 Å². The molecule has 0 saturated carbocycles. The Morgan fingerprint density at radius 2 is 1.76 bits per heavy atom. The van der Waals surface area contributed by atoms with E-state index in [1.54, 1.807) is 30.3 Å². The number of benzene rings is 2. The molecule has 6 heteroatoms. The van der Waals surface area contributed by atoms with Crippen LogP contribution in [-0.4, -0.2) is 19.0 Å². The number of furan rings is 1. The number of hydrogen-bond donors (Lipinski definition) is 1. The van der Waals surface area contributed by atoms with Gasteiger partial charge in [-0.2, -0.15) is 0 Å². The smallest absolute Gasteiger partial charge is 0.248 e. The Balaban J connectivity index is 1.38. The minimum Gasteiger partial charge on any atom is -0.457 e. The Bertz CT molecular complexity index is 1040. The highest BCUT2D eigenvalue weighted by Gasteiger charge is 2.12. The highest BCUT2D eigenvalue weighted by Crippen LogP contribution is 2.31. The van der Waals surface area contributed by atoms with Gasteiger partial charge in [0.25, 0.3) is 0 Å². The second-order valence-electron chi connectivity index (χ2n) is 6.89. The molecule has 0 spiro atoms. The molecule has 1 saturated heterocycles. The zero-order chi connectivity index (χ0) is 20.2. The van der Waals surface area contributed by atoms with Crippen LogP contribution in [0.3, 0.4) is 0 Å². The van der Waals surface area contributed by atoms with Crippen molar-refractivity contribution in [2.75, 3.05) is 23.3 Å². The number of carbonyl (C=O) groups is 1. The second-order valence-corrected chi connectivity index (χ2v) is 7.73. The predicted molar refractivity (Wildman–Crippen MR) is 120 cm³/mol. The van der Waals surface area contributed by atoms with Gasteiger partial charge in [0.05, 0.1) is 5.02 Å². The molecule has 0 aliphatic carbocycles. The van der Waals surface area contributed by atoms with Crippen LogP contribution in [0, 0.1) is 0 Å². The van der Waals surface area contributed by atoms with E-state index in [9.17, 15) is 4.79 Å². The molecular weight excluding hydrogens is 407 g/mol. The van der Waals surface area contributed by atoms with Crippen molar-refractivity contribution in [3.8, 4) is 11.3 Å². The van der Waals surface area contributed by atoms with Crippen molar-refractivity contribution < 1.29 is 9.21 Å². The van der Waals surface area contributed by atoms with E-state index in [4.69, 9.17) is 27.6 Å². The number of nitrogens with one attached hydrogen (secondary N) is 1. The van der Waals surface area contributed by atoms with Gasteiger partial charge in [0.1, 0.15) is 11.5 Å². The van der Waals surface area contributed by atoms with Crippen molar-refractivity contribution in [3.63, 3.8) is 0 Å². The minimum atomic E-state index is -0.221. The SMILES string of the molecule is O=C(/C=C/c1ccc(-c2ccc(Cl)cc2Cl)o1)Nc1ccc(N2CCCC2)cc1. The van der Waals surface area contributed by atoms with E-state index in [0.29, 0.717) is 21.6 Å². The molecule has 0 bridgehead atoms. The van der Waals surface area contributed by atoms with Crippen molar-refractivity contribution in [1.29, 1.82) is 0 Å². The van der Waals surface area contributed by atoms with E-state index in [2.05, 4.69) is 10.2 Å². The molecule has 2 aromatic carbocycles. The van der Waals surface area contributed by atoms with Gasteiger partial charge in [-0.1, -0.05) is 23.2 Å². The highest BCUT2D eigenvalue weighted by atomic mass is 35.5. The molecule has 4 rings (SSSR count). The van der Waals surface area contributed by atoms with Gasteiger partial charge >= 0.3 is 0 Å². The molecule has 1 fully saturated rings. The maximum Gasteiger partial charge on any atom is 0.248 e. The van der Waals surface area contributed by atoms with Crippen LogP contribution in [0.5, 0.6) is 0 Å². The highest BCUT2D eigenvalue weighted by molar-refractivity contribution is 6.36. The molecule has 1 aromatic heterocycles. The van der Waals surface area contributed by atoms with E-state index in [1.807, 2.05) is 30.3 Å². The summed E-state index contributed by atoms with van der Waals surface area (Å²) in [7, 11) is 0. The van der Waals surface area contributed by atoms with Crippen LogP contribution in [0.2, 0.25) is 10.0 Å². The van der Waals surface area contributed by atoms with Gasteiger partial charge in [0, 0.05) is 41.1 Å². The van der Waals surface area contributed by atoms with Crippen molar-refractivity contribution in [3.05, 3.63) is 76.5 Å². The van der Waals surface area contributed by atoms with Crippen LogP contribution in [-0.2, 0) is 4.79 Å². The zero-order valence-electron chi connectivity index (χ0n) is 15.7. The molecule has 148 valence electrons. The lowest BCUT2D eigenvalue weighted by Gasteiger charge is -2.17. The van der Waals surface area contributed by atoms with Crippen LogP contribution in [0.1, 0.15) is 18.6 Å². The quantitative estimate of drug-likeness (QED) is 0.473. The van der Waals surface area contributed by atoms with Gasteiger partial charge in [-0.05, 0) is 73.5 Å². The summed E-state index contributed by atoms with van der Waals surface area (Å²) in [6.45, 7) is 2.20. The van der Waals surface area contributed by atoms with Gasteiger partial charge < -0.3 is 14.6 Å². The van der Waals surface area contributed by atoms with Crippen LogP contribution in [0.25, 0.3) is 17.4 Å². The monoisotopic (exact) mass is 426 g/mol. The molecule has 1 aliphatic rings. The Hall–Kier alpha value is -2.69. The molecule has 0 radical (unpaired) electrons. The fraction of sp³-hybridized carbons (Fsp3) is 0.174. The third kappa shape index (κ3) is 4.84. The summed E-state index contributed by atoms with van der Waals surface area (Å²) in [4.78, 5) is 14.6. The lowest BCUT2D eigenvalue weighted by atomic mass is 10.2. The molecular formula is C23H20Cl2N2O2. The maximum absolute atomic E-state index is 12.2. The number of anilines is 2. The Morgan fingerprint density at radius 3 is 2.48 bits per heavy atom. The second kappa shape index (κ2) is 8.76.